The third kappa shape index (κ3) is 2.15. The van der Waals surface area contributed by atoms with Crippen LogP contribution in [0, 0.1) is 0 Å². The van der Waals surface area contributed by atoms with Gasteiger partial charge in [0.25, 0.3) is 5.91 Å². The minimum Gasteiger partial charge on any atom is -0.480 e. The van der Waals surface area contributed by atoms with Gasteiger partial charge in [0.15, 0.2) is 0 Å². The van der Waals surface area contributed by atoms with Crippen molar-refractivity contribution in [2.75, 3.05) is 6.54 Å². The van der Waals surface area contributed by atoms with E-state index in [4.69, 9.17) is 5.11 Å². The van der Waals surface area contributed by atoms with Gasteiger partial charge in [-0.25, -0.2) is 4.79 Å². The van der Waals surface area contributed by atoms with E-state index >= 15 is 0 Å². The number of aryl methyl sites for hydroxylation is 2. The molecular formula is C13H15NO4S. The first-order valence-electron chi connectivity index (χ1n) is 6.39. The topological polar surface area (TPSA) is 77.8 Å². The Labute approximate surface area is 114 Å². The lowest BCUT2D eigenvalue weighted by atomic mass is 10.2. The fourth-order valence-electron chi connectivity index (χ4n) is 2.85. The second-order valence-corrected chi connectivity index (χ2v) is 6.25. The summed E-state index contributed by atoms with van der Waals surface area (Å²) in [5.74, 6) is -1.31. The van der Waals surface area contributed by atoms with Gasteiger partial charge in [-0.2, -0.15) is 0 Å². The van der Waals surface area contributed by atoms with E-state index in [1.54, 1.807) is 0 Å². The van der Waals surface area contributed by atoms with Crippen LogP contribution in [0.25, 0.3) is 0 Å². The molecule has 6 heteroatoms. The van der Waals surface area contributed by atoms with Crippen LogP contribution in [0.3, 0.4) is 0 Å². The van der Waals surface area contributed by atoms with Crippen molar-refractivity contribution in [2.45, 2.75) is 37.8 Å². The van der Waals surface area contributed by atoms with E-state index in [1.807, 2.05) is 6.07 Å². The molecular weight excluding hydrogens is 266 g/mol. The standard InChI is InChI=1S/C13H15NO4S/c15-8-5-9(13(17)18)14(6-8)12(16)11-4-7-2-1-3-10(7)19-11/h4,8-9,15H,1-3,5-6H2,(H,17,18)/t8-,9-/m1/s1. The van der Waals surface area contributed by atoms with Crippen LogP contribution >= 0.6 is 11.3 Å². The summed E-state index contributed by atoms with van der Waals surface area (Å²) in [5.41, 5.74) is 1.22. The van der Waals surface area contributed by atoms with E-state index in [1.165, 1.54) is 26.7 Å². The number of nitrogens with zero attached hydrogens (tertiary/aromatic N) is 1. The second-order valence-electron chi connectivity index (χ2n) is 5.11. The zero-order valence-corrected chi connectivity index (χ0v) is 11.2. The lowest BCUT2D eigenvalue weighted by Crippen LogP contribution is -2.40. The van der Waals surface area contributed by atoms with Gasteiger partial charge in [0.2, 0.25) is 0 Å². The Morgan fingerprint density at radius 3 is 2.84 bits per heavy atom. The van der Waals surface area contributed by atoms with Crippen molar-refractivity contribution in [3.63, 3.8) is 0 Å². The highest BCUT2D eigenvalue weighted by atomic mass is 32.1. The number of hydrogen-bond donors (Lipinski definition) is 2. The van der Waals surface area contributed by atoms with Crippen molar-refractivity contribution in [2.24, 2.45) is 0 Å². The molecule has 2 atom stereocenters. The predicted octanol–water partition coefficient (Wildman–Crippen LogP) is 0.897. The number of carbonyl (C=O) groups excluding carboxylic acids is 1. The molecule has 0 aromatic carbocycles. The summed E-state index contributed by atoms with van der Waals surface area (Å²) in [6.45, 7) is 0.109. The summed E-state index contributed by atoms with van der Waals surface area (Å²) in [6, 6.07) is 0.985. The van der Waals surface area contributed by atoms with E-state index < -0.39 is 18.1 Å². The average Bonchev–Trinajstić information content (AvgIpc) is 2.99. The number of thiophene rings is 1. The minimum atomic E-state index is -1.05. The van der Waals surface area contributed by atoms with Crippen LogP contribution in [0.1, 0.15) is 33.0 Å². The maximum absolute atomic E-state index is 12.4. The second kappa shape index (κ2) is 4.61. The number of fused-ring (bicyclic) bond motifs is 1. The summed E-state index contributed by atoms with van der Waals surface area (Å²) in [5, 5.41) is 18.7. The number of hydrogen-bond acceptors (Lipinski definition) is 4. The first-order chi connectivity index (χ1) is 9.06. The summed E-state index contributed by atoms with van der Waals surface area (Å²) in [6.07, 6.45) is 2.53. The van der Waals surface area contributed by atoms with E-state index in [9.17, 15) is 14.7 Å². The van der Waals surface area contributed by atoms with Crippen molar-refractivity contribution in [3.05, 3.63) is 21.4 Å². The number of aliphatic hydroxyl groups is 1. The maximum atomic E-state index is 12.4. The van der Waals surface area contributed by atoms with Crippen molar-refractivity contribution in [1.29, 1.82) is 0 Å². The molecule has 102 valence electrons. The predicted molar refractivity (Wildman–Crippen MR) is 69.4 cm³/mol. The highest BCUT2D eigenvalue weighted by molar-refractivity contribution is 7.14. The lowest BCUT2D eigenvalue weighted by molar-refractivity contribution is -0.141. The number of carbonyl (C=O) groups is 2. The first-order valence-corrected chi connectivity index (χ1v) is 7.21. The number of aliphatic hydroxyl groups excluding tert-OH is 1. The van der Waals surface area contributed by atoms with Crippen LogP contribution in [-0.4, -0.2) is 45.7 Å². The van der Waals surface area contributed by atoms with Crippen LogP contribution in [0.15, 0.2) is 6.07 Å². The molecule has 19 heavy (non-hydrogen) atoms. The third-order valence-corrected chi connectivity index (χ3v) is 5.01. The summed E-state index contributed by atoms with van der Waals surface area (Å²) in [7, 11) is 0. The van der Waals surface area contributed by atoms with Gasteiger partial charge in [-0.3, -0.25) is 4.79 Å². The Kier molecular flexibility index (Phi) is 3.06. The third-order valence-electron chi connectivity index (χ3n) is 3.78. The van der Waals surface area contributed by atoms with Gasteiger partial charge < -0.3 is 15.1 Å². The van der Waals surface area contributed by atoms with Crippen molar-refractivity contribution >= 4 is 23.2 Å². The number of aliphatic carboxylic acids is 1. The SMILES string of the molecule is O=C(O)[C@H]1C[C@@H](O)CN1C(=O)c1cc2c(s1)CCC2. The Bertz CT molecular complexity index is 517. The fraction of sp³-hybridized carbons (Fsp3) is 0.538. The zero-order chi connectivity index (χ0) is 13.6. The van der Waals surface area contributed by atoms with Gasteiger partial charge in [-0.05, 0) is 30.9 Å². The molecule has 2 N–H and O–H groups in total. The van der Waals surface area contributed by atoms with Crippen LogP contribution in [0.5, 0.6) is 0 Å². The minimum absolute atomic E-state index is 0.109. The maximum Gasteiger partial charge on any atom is 0.326 e. The van der Waals surface area contributed by atoms with E-state index in [2.05, 4.69) is 0 Å². The van der Waals surface area contributed by atoms with Gasteiger partial charge in [0, 0.05) is 17.8 Å². The molecule has 0 radical (unpaired) electrons. The number of β-amino-alcohol motifs (C(OH)–C–C–N with tert-alkyl or cyclic N) is 1. The first kappa shape index (κ1) is 12.6. The van der Waals surface area contributed by atoms with Crippen LogP contribution in [0.4, 0.5) is 0 Å². The molecule has 2 heterocycles. The smallest absolute Gasteiger partial charge is 0.326 e. The molecule has 1 saturated heterocycles. The van der Waals surface area contributed by atoms with Crippen molar-refractivity contribution < 1.29 is 19.8 Å². The van der Waals surface area contributed by atoms with E-state index in [0.717, 1.165) is 19.3 Å². The van der Waals surface area contributed by atoms with Crippen LogP contribution in [0.2, 0.25) is 0 Å². The van der Waals surface area contributed by atoms with Gasteiger partial charge in [-0.15, -0.1) is 11.3 Å². The Morgan fingerprint density at radius 1 is 1.37 bits per heavy atom. The number of likely N-dealkylation sites (tertiary alicyclic amines) is 1. The highest BCUT2D eigenvalue weighted by Gasteiger charge is 2.39. The van der Waals surface area contributed by atoms with Gasteiger partial charge in [-0.1, -0.05) is 0 Å². The Balaban J connectivity index is 1.84. The molecule has 1 amide bonds. The van der Waals surface area contributed by atoms with Crippen molar-refractivity contribution in [1.82, 2.24) is 4.90 Å². The summed E-state index contributed by atoms with van der Waals surface area (Å²) < 4.78 is 0. The molecule has 5 nitrogen and oxygen atoms in total. The average molecular weight is 281 g/mol. The molecule has 1 aliphatic heterocycles. The Hall–Kier alpha value is -1.40. The molecule has 1 aromatic heterocycles. The fourth-order valence-corrected chi connectivity index (χ4v) is 4.06. The molecule has 1 aromatic rings. The summed E-state index contributed by atoms with van der Waals surface area (Å²) >= 11 is 1.47. The molecule has 1 fully saturated rings. The zero-order valence-electron chi connectivity index (χ0n) is 10.3. The van der Waals surface area contributed by atoms with E-state index in [-0.39, 0.29) is 18.9 Å². The van der Waals surface area contributed by atoms with Crippen LogP contribution in [-0.2, 0) is 17.6 Å². The van der Waals surface area contributed by atoms with Crippen LogP contribution < -0.4 is 0 Å². The highest BCUT2D eigenvalue weighted by Crippen LogP contribution is 2.32. The van der Waals surface area contributed by atoms with Gasteiger partial charge in [0.05, 0.1) is 11.0 Å². The van der Waals surface area contributed by atoms with Gasteiger partial charge >= 0.3 is 5.97 Å². The molecule has 0 unspecified atom stereocenters. The van der Waals surface area contributed by atoms with Crippen molar-refractivity contribution in [3.8, 4) is 0 Å². The van der Waals surface area contributed by atoms with E-state index in [0.29, 0.717) is 4.88 Å². The molecule has 0 saturated carbocycles. The largest absolute Gasteiger partial charge is 0.480 e. The normalized spacial score (nSPS) is 25.6. The quantitative estimate of drug-likeness (QED) is 0.844. The molecule has 0 bridgehead atoms. The summed E-state index contributed by atoms with van der Waals surface area (Å²) in [4.78, 5) is 26.6. The number of rotatable bonds is 2. The molecule has 3 rings (SSSR count). The number of carboxylic acid groups (broad SMARTS) is 1. The molecule has 2 aliphatic rings. The molecule has 1 aliphatic carbocycles. The van der Waals surface area contributed by atoms with Gasteiger partial charge in [0.1, 0.15) is 6.04 Å². The number of amides is 1. The Morgan fingerprint density at radius 2 is 2.16 bits per heavy atom. The lowest BCUT2D eigenvalue weighted by Gasteiger charge is -2.20. The number of carboxylic acids is 1. The molecule has 0 spiro atoms. The monoisotopic (exact) mass is 281 g/mol.